The number of rotatable bonds is 3. The Kier molecular flexibility index (Phi) is 4.60. The van der Waals surface area contributed by atoms with E-state index in [1.165, 1.54) is 16.8 Å². The Morgan fingerprint density at radius 3 is 2.23 bits per heavy atom. The molecule has 0 atom stereocenters. The van der Waals surface area contributed by atoms with Crippen molar-refractivity contribution in [3.63, 3.8) is 0 Å². The quantitative estimate of drug-likeness (QED) is 0.720. The van der Waals surface area contributed by atoms with E-state index in [9.17, 15) is 0 Å². The Hall–Kier alpha value is -2.46. The zero-order valence-electron chi connectivity index (χ0n) is 15.9. The van der Waals surface area contributed by atoms with Crippen molar-refractivity contribution < 1.29 is 0 Å². The second-order valence-corrected chi connectivity index (χ2v) is 7.23. The van der Waals surface area contributed by atoms with E-state index in [1.807, 2.05) is 24.3 Å². The molecule has 134 valence electrons. The van der Waals surface area contributed by atoms with E-state index in [-0.39, 0.29) is 0 Å². The van der Waals surface area contributed by atoms with Gasteiger partial charge in [0.1, 0.15) is 0 Å². The van der Waals surface area contributed by atoms with Gasteiger partial charge < -0.3 is 4.90 Å². The van der Waals surface area contributed by atoms with E-state index in [2.05, 4.69) is 48.8 Å². The predicted octanol–water partition coefficient (Wildman–Crippen LogP) is 3.88. The van der Waals surface area contributed by atoms with Crippen LogP contribution in [0.3, 0.4) is 0 Å². The molecule has 0 N–H and O–H groups in total. The lowest BCUT2D eigenvalue weighted by Gasteiger charge is -2.37. The van der Waals surface area contributed by atoms with Crippen molar-refractivity contribution in [2.45, 2.75) is 27.3 Å². The number of fused-ring (bicyclic) bond motifs is 1. The van der Waals surface area contributed by atoms with Crippen molar-refractivity contribution in [1.29, 1.82) is 0 Å². The minimum atomic E-state index is 0.879. The number of aromatic nitrogens is 2. The standard InChI is InChI=1S/C22H26N4/c1-16-7-6-10-22(17(16)2)26-13-11-25(12-14-26)15-21-18(3)23-19-8-4-5-9-20(19)24-21/h4-10H,11-15H2,1-3H3. The third-order valence-electron chi connectivity index (χ3n) is 5.51. The number of anilines is 1. The molecule has 4 heteroatoms. The van der Waals surface area contributed by atoms with E-state index in [4.69, 9.17) is 9.97 Å². The fourth-order valence-electron chi connectivity index (χ4n) is 3.71. The molecule has 0 unspecified atom stereocenters. The van der Waals surface area contributed by atoms with Crippen LogP contribution in [0.5, 0.6) is 0 Å². The van der Waals surface area contributed by atoms with E-state index in [1.54, 1.807) is 0 Å². The summed E-state index contributed by atoms with van der Waals surface area (Å²) in [6.07, 6.45) is 0. The Bertz CT molecular complexity index is 927. The van der Waals surface area contributed by atoms with Gasteiger partial charge in [0.2, 0.25) is 0 Å². The van der Waals surface area contributed by atoms with Gasteiger partial charge in [-0.2, -0.15) is 0 Å². The topological polar surface area (TPSA) is 32.3 Å². The lowest BCUT2D eigenvalue weighted by Crippen LogP contribution is -2.46. The minimum Gasteiger partial charge on any atom is -0.369 e. The summed E-state index contributed by atoms with van der Waals surface area (Å²) < 4.78 is 0. The van der Waals surface area contributed by atoms with Gasteiger partial charge >= 0.3 is 0 Å². The summed E-state index contributed by atoms with van der Waals surface area (Å²) in [5.41, 5.74) is 8.26. The summed E-state index contributed by atoms with van der Waals surface area (Å²) in [5, 5.41) is 0. The predicted molar refractivity (Wildman–Crippen MR) is 108 cm³/mol. The number of hydrogen-bond donors (Lipinski definition) is 0. The van der Waals surface area contributed by atoms with Crippen LogP contribution in [0.15, 0.2) is 42.5 Å². The van der Waals surface area contributed by atoms with Crippen LogP contribution in [-0.2, 0) is 6.54 Å². The van der Waals surface area contributed by atoms with Crippen molar-refractivity contribution >= 4 is 16.7 Å². The van der Waals surface area contributed by atoms with E-state index >= 15 is 0 Å². The zero-order valence-corrected chi connectivity index (χ0v) is 15.9. The second kappa shape index (κ2) is 7.04. The maximum Gasteiger partial charge on any atom is 0.0890 e. The van der Waals surface area contributed by atoms with E-state index in [0.29, 0.717) is 0 Å². The summed E-state index contributed by atoms with van der Waals surface area (Å²) in [6.45, 7) is 11.6. The molecular formula is C22H26N4. The van der Waals surface area contributed by atoms with Crippen molar-refractivity contribution in [2.24, 2.45) is 0 Å². The second-order valence-electron chi connectivity index (χ2n) is 7.23. The average molecular weight is 346 g/mol. The Balaban J connectivity index is 1.46. The van der Waals surface area contributed by atoms with Crippen molar-refractivity contribution in [3.05, 3.63) is 65.0 Å². The summed E-state index contributed by atoms with van der Waals surface area (Å²) in [6, 6.07) is 14.7. The molecule has 0 spiro atoms. The average Bonchev–Trinajstić information content (AvgIpc) is 2.65. The molecule has 0 amide bonds. The minimum absolute atomic E-state index is 0.879. The molecule has 1 aromatic heterocycles. The molecule has 1 aliphatic heterocycles. The zero-order chi connectivity index (χ0) is 18.1. The van der Waals surface area contributed by atoms with Gasteiger partial charge in [0.25, 0.3) is 0 Å². The number of nitrogens with zero attached hydrogens (tertiary/aromatic N) is 4. The Labute approximate surface area is 155 Å². The molecule has 1 aliphatic rings. The highest BCUT2D eigenvalue weighted by Crippen LogP contribution is 2.24. The van der Waals surface area contributed by atoms with Crippen LogP contribution >= 0.6 is 0 Å². The summed E-state index contributed by atoms with van der Waals surface area (Å²) in [5.74, 6) is 0. The number of benzene rings is 2. The number of piperazine rings is 1. The van der Waals surface area contributed by atoms with Gasteiger partial charge in [-0.15, -0.1) is 0 Å². The lowest BCUT2D eigenvalue weighted by molar-refractivity contribution is 0.246. The van der Waals surface area contributed by atoms with Gasteiger partial charge in [0.15, 0.2) is 0 Å². The molecule has 1 saturated heterocycles. The molecule has 0 radical (unpaired) electrons. The lowest BCUT2D eigenvalue weighted by atomic mass is 10.1. The monoisotopic (exact) mass is 346 g/mol. The normalized spacial score (nSPS) is 15.6. The molecule has 4 nitrogen and oxygen atoms in total. The van der Waals surface area contributed by atoms with Crippen LogP contribution in [-0.4, -0.2) is 41.0 Å². The first-order valence-electron chi connectivity index (χ1n) is 9.37. The van der Waals surface area contributed by atoms with Crippen molar-refractivity contribution in [3.8, 4) is 0 Å². The van der Waals surface area contributed by atoms with Crippen LogP contribution in [0, 0.1) is 20.8 Å². The largest absolute Gasteiger partial charge is 0.369 e. The van der Waals surface area contributed by atoms with Crippen LogP contribution < -0.4 is 4.90 Å². The molecule has 2 heterocycles. The molecule has 4 rings (SSSR count). The smallest absolute Gasteiger partial charge is 0.0890 e. The van der Waals surface area contributed by atoms with Gasteiger partial charge in [0, 0.05) is 38.4 Å². The maximum absolute atomic E-state index is 4.85. The summed E-state index contributed by atoms with van der Waals surface area (Å²) in [7, 11) is 0. The van der Waals surface area contributed by atoms with E-state index < -0.39 is 0 Å². The van der Waals surface area contributed by atoms with Gasteiger partial charge in [-0.05, 0) is 50.1 Å². The Morgan fingerprint density at radius 1 is 0.808 bits per heavy atom. The van der Waals surface area contributed by atoms with Crippen LogP contribution in [0.25, 0.3) is 11.0 Å². The van der Waals surface area contributed by atoms with Crippen LogP contribution in [0.2, 0.25) is 0 Å². The fraction of sp³-hybridized carbons (Fsp3) is 0.364. The number of hydrogen-bond acceptors (Lipinski definition) is 4. The first kappa shape index (κ1) is 17.0. The molecule has 2 aromatic carbocycles. The van der Waals surface area contributed by atoms with Crippen molar-refractivity contribution in [1.82, 2.24) is 14.9 Å². The molecule has 0 bridgehead atoms. The van der Waals surface area contributed by atoms with Gasteiger partial charge in [0.05, 0.1) is 22.4 Å². The third-order valence-corrected chi connectivity index (χ3v) is 5.51. The number of aryl methyl sites for hydroxylation is 2. The molecule has 26 heavy (non-hydrogen) atoms. The molecule has 0 saturated carbocycles. The molecule has 1 fully saturated rings. The van der Waals surface area contributed by atoms with Gasteiger partial charge in [-0.1, -0.05) is 24.3 Å². The SMILES string of the molecule is Cc1cccc(N2CCN(Cc3nc4ccccc4nc3C)CC2)c1C. The van der Waals surface area contributed by atoms with Gasteiger partial charge in [-0.3, -0.25) is 4.90 Å². The molecule has 0 aliphatic carbocycles. The van der Waals surface area contributed by atoms with Gasteiger partial charge in [-0.25, -0.2) is 9.97 Å². The maximum atomic E-state index is 4.85. The summed E-state index contributed by atoms with van der Waals surface area (Å²) in [4.78, 5) is 14.6. The van der Waals surface area contributed by atoms with Crippen LogP contribution in [0.4, 0.5) is 5.69 Å². The van der Waals surface area contributed by atoms with Crippen LogP contribution in [0.1, 0.15) is 22.5 Å². The first-order valence-corrected chi connectivity index (χ1v) is 9.37. The van der Waals surface area contributed by atoms with E-state index in [0.717, 1.165) is 55.1 Å². The molecular weight excluding hydrogens is 320 g/mol. The Morgan fingerprint density at radius 2 is 1.50 bits per heavy atom. The highest BCUT2D eigenvalue weighted by atomic mass is 15.3. The highest BCUT2D eigenvalue weighted by Gasteiger charge is 2.20. The fourth-order valence-corrected chi connectivity index (χ4v) is 3.71. The number of para-hydroxylation sites is 2. The third kappa shape index (κ3) is 3.29. The first-order chi connectivity index (χ1) is 12.6. The molecule has 3 aromatic rings. The summed E-state index contributed by atoms with van der Waals surface area (Å²) >= 11 is 0. The van der Waals surface area contributed by atoms with Crippen molar-refractivity contribution in [2.75, 3.05) is 31.1 Å². The highest BCUT2D eigenvalue weighted by molar-refractivity contribution is 5.74.